The van der Waals surface area contributed by atoms with Gasteiger partial charge >= 0.3 is 0 Å². The molecule has 2 heteroatoms. The van der Waals surface area contributed by atoms with Crippen LogP contribution >= 0.6 is 0 Å². The smallest absolute Gasteiger partial charge is 0.137 e. The lowest BCUT2D eigenvalue weighted by Crippen LogP contribution is -1.73. The van der Waals surface area contributed by atoms with Crippen molar-refractivity contribution >= 4 is 16.6 Å². The average Bonchev–Trinajstić information content (AvgIpc) is 2.86. The molecule has 0 bridgehead atoms. The summed E-state index contributed by atoms with van der Waals surface area (Å²) < 4.78 is 0. The van der Waals surface area contributed by atoms with Gasteiger partial charge in [-0.3, -0.25) is 0 Å². The monoisotopic (exact) mass is 156 g/mol. The summed E-state index contributed by atoms with van der Waals surface area (Å²) in [6.45, 7) is 0. The largest absolute Gasteiger partial charge is 0.346 e. The molecule has 1 aliphatic rings. The number of rotatable bonds is 1. The number of allylic oxidation sites excluding steroid dienone is 2. The Labute approximate surface area is 69.9 Å². The number of hydrogen-bond acceptors (Lipinski definition) is 1. The molecule has 58 valence electrons. The molecule has 0 saturated carbocycles. The first-order valence-corrected chi connectivity index (χ1v) is 4.06. The van der Waals surface area contributed by atoms with Crippen molar-refractivity contribution in [3.05, 3.63) is 36.2 Å². The van der Waals surface area contributed by atoms with Crippen molar-refractivity contribution in [3.8, 4) is 0 Å². The number of nitrogens with one attached hydrogen (secondary N) is 1. The van der Waals surface area contributed by atoms with Crippen LogP contribution in [0.15, 0.2) is 30.6 Å². The first kappa shape index (κ1) is 6.00. The Balaban J connectivity index is 2.37. The number of pyridine rings is 1. The molecule has 0 aromatic carbocycles. The Hall–Kier alpha value is -1.57. The molecular weight excluding hydrogens is 148 g/mol. The van der Waals surface area contributed by atoms with Crippen LogP contribution in [-0.2, 0) is 0 Å². The summed E-state index contributed by atoms with van der Waals surface area (Å²) in [4.78, 5) is 7.39. The third-order valence-corrected chi connectivity index (χ3v) is 2.21. The molecule has 0 spiro atoms. The maximum atomic E-state index is 4.23. The fraction of sp³-hybridized carbons (Fsp3) is 0.100. The molecule has 2 nitrogen and oxygen atoms in total. The minimum absolute atomic E-state index is 0.986. The topological polar surface area (TPSA) is 28.7 Å². The third-order valence-electron chi connectivity index (χ3n) is 2.21. The summed E-state index contributed by atoms with van der Waals surface area (Å²) in [5.41, 5.74) is 3.74. The van der Waals surface area contributed by atoms with E-state index < -0.39 is 0 Å². The van der Waals surface area contributed by atoms with E-state index >= 15 is 0 Å². The lowest BCUT2D eigenvalue weighted by atomic mass is 10.2. The number of hydrogen-bond donors (Lipinski definition) is 1. The molecule has 0 atom stereocenters. The number of nitrogens with zero attached hydrogens (tertiary/aromatic N) is 1. The first-order chi connectivity index (χ1) is 5.95. The van der Waals surface area contributed by atoms with E-state index in [9.17, 15) is 0 Å². The predicted molar refractivity (Wildman–Crippen MR) is 48.7 cm³/mol. The van der Waals surface area contributed by atoms with Crippen LogP contribution in [0.2, 0.25) is 0 Å². The highest BCUT2D eigenvalue weighted by atomic mass is 14.8. The van der Waals surface area contributed by atoms with Gasteiger partial charge in [0.25, 0.3) is 0 Å². The van der Waals surface area contributed by atoms with Gasteiger partial charge < -0.3 is 4.98 Å². The van der Waals surface area contributed by atoms with E-state index in [0.717, 1.165) is 12.1 Å². The molecule has 2 aromatic rings. The summed E-state index contributed by atoms with van der Waals surface area (Å²) in [5, 5.41) is 1.24. The second kappa shape index (κ2) is 1.97. The van der Waals surface area contributed by atoms with Gasteiger partial charge in [0.15, 0.2) is 0 Å². The lowest BCUT2D eigenvalue weighted by molar-refractivity contribution is 1.32. The van der Waals surface area contributed by atoms with Crippen molar-refractivity contribution in [3.63, 3.8) is 0 Å². The Morgan fingerprint density at radius 1 is 1.42 bits per heavy atom. The summed E-state index contributed by atoms with van der Waals surface area (Å²) in [6, 6.07) is 4.08. The molecule has 0 unspecified atom stereocenters. The molecular formula is C10H8N2. The molecule has 0 aliphatic heterocycles. The fourth-order valence-electron chi connectivity index (χ4n) is 1.49. The fourth-order valence-corrected chi connectivity index (χ4v) is 1.49. The maximum Gasteiger partial charge on any atom is 0.137 e. The van der Waals surface area contributed by atoms with Crippen molar-refractivity contribution < 1.29 is 0 Å². The Kier molecular flexibility index (Phi) is 0.987. The molecule has 2 aromatic heterocycles. The van der Waals surface area contributed by atoms with Crippen molar-refractivity contribution in [2.24, 2.45) is 0 Å². The van der Waals surface area contributed by atoms with Crippen LogP contribution in [0.25, 0.3) is 16.6 Å². The summed E-state index contributed by atoms with van der Waals surface area (Å²) in [7, 11) is 0. The molecule has 1 aliphatic carbocycles. The second-order valence-electron chi connectivity index (χ2n) is 3.04. The Morgan fingerprint density at radius 2 is 2.33 bits per heavy atom. The molecule has 0 saturated heterocycles. The predicted octanol–water partition coefficient (Wildman–Crippen LogP) is 2.35. The van der Waals surface area contributed by atoms with E-state index in [-0.39, 0.29) is 0 Å². The second-order valence-corrected chi connectivity index (χ2v) is 3.04. The van der Waals surface area contributed by atoms with Crippen LogP contribution in [0.4, 0.5) is 0 Å². The summed E-state index contributed by atoms with van der Waals surface area (Å²) in [5.74, 6) is 0. The van der Waals surface area contributed by atoms with E-state index in [1.54, 1.807) is 0 Å². The number of aromatic amines is 1. The maximum absolute atomic E-state index is 4.23. The molecule has 3 rings (SSSR count). The Bertz CT molecular complexity index is 465. The van der Waals surface area contributed by atoms with E-state index in [4.69, 9.17) is 0 Å². The van der Waals surface area contributed by atoms with E-state index in [1.165, 1.54) is 16.5 Å². The molecule has 0 radical (unpaired) electrons. The van der Waals surface area contributed by atoms with Crippen LogP contribution < -0.4 is 0 Å². The van der Waals surface area contributed by atoms with Gasteiger partial charge in [0.2, 0.25) is 0 Å². The number of fused-ring (bicyclic) bond motifs is 1. The lowest BCUT2D eigenvalue weighted by Gasteiger charge is -1.89. The van der Waals surface area contributed by atoms with Crippen LogP contribution in [-0.4, -0.2) is 9.97 Å². The van der Waals surface area contributed by atoms with Gasteiger partial charge in [0.1, 0.15) is 5.65 Å². The zero-order valence-electron chi connectivity index (χ0n) is 6.54. The number of aromatic nitrogens is 2. The van der Waals surface area contributed by atoms with E-state index in [2.05, 4.69) is 22.1 Å². The summed E-state index contributed by atoms with van der Waals surface area (Å²) in [6.07, 6.45) is 7.22. The van der Waals surface area contributed by atoms with Gasteiger partial charge in [-0.15, -0.1) is 0 Å². The van der Waals surface area contributed by atoms with Crippen LogP contribution in [0.5, 0.6) is 0 Å². The number of H-pyrrole nitrogens is 1. The SMILES string of the molecule is C1=C(c2c[nH]c3ncccc23)C1. The van der Waals surface area contributed by atoms with Gasteiger partial charge in [-0.05, 0) is 24.1 Å². The standard InChI is InChI=1S/C10H8N2/c1-2-8-9(7-3-4-7)6-12-10(8)11-5-1/h1-3,5-6H,4H2,(H,11,12). The van der Waals surface area contributed by atoms with Crippen molar-refractivity contribution in [1.82, 2.24) is 9.97 Å². The van der Waals surface area contributed by atoms with E-state index in [1.807, 2.05) is 18.5 Å². The first-order valence-electron chi connectivity index (χ1n) is 4.06. The van der Waals surface area contributed by atoms with Gasteiger partial charge in [-0.1, -0.05) is 6.08 Å². The average molecular weight is 156 g/mol. The van der Waals surface area contributed by atoms with Crippen LogP contribution in [0, 0.1) is 0 Å². The van der Waals surface area contributed by atoms with Gasteiger partial charge in [-0.2, -0.15) is 0 Å². The minimum Gasteiger partial charge on any atom is -0.346 e. The Morgan fingerprint density at radius 3 is 3.17 bits per heavy atom. The summed E-state index contributed by atoms with van der Waals surface area (Å²) >= 11 is 0. The quantitative estimate of drug-likeness (QED) is 0.674. The molecule has 12 heavy (non-hydrogen) atoms. The zero-order valence-corrected chi connectivity index (χ0v) is 6.54. The van der Waals surface area contributed by atoms with E-state index in [0.29, 0.717) is 0 Å². The highest BCUT2D eigenvalue weighted by Crippen LogP contribution is 2.34. The van der Waals surface area contributed by atoms with Gasteiger partial charge in [-0.25, -0.2) is 4.98 Å². The van der Waals surface area contributed by atoms with Crippen LogP contribution in [0.1, 0.15) is 12.0 Å². The van der Waals surface area contributed by atoms with Crippen molar-refractivity contribution in [2.75, 3.05) is 0 Å². The molecule has 2 heterocycles. The van der Waals surface area contributed by atoms with Crippen LogP contribution in [0.3, 0.4) is 0 Å². The van der Waals surface area contributed by atoms with Gasteiger partial charge in [0, 0.05) is 23.3 Å². The highest BCUT2D eigenvalue weighted by Gasteiger charge is 2.14. The van der Waals surface area contributed by atoms with Crippen molar-refractivity contribution in [1.29, 1.82) is 0 Å². The van der Waals surface area contributed by atoms with Gasteiger partial charge in [0.05, 0.1) is 0 Å². The van der Waals surface area contributed by atoms with Crippen molar-refractivity contribution in [2.45, 2.75) is 6.42 Å². The molecule has 0 amide bonds. The zero-order chi connectivity index (χ0) is 7.97. The highest BCUT2D eigenvalue weighted by molar-refractivity contribution is 5.94. The molecule has 1 N–H and O–H groups in total. The normalized spacial score (nSPS) is 14.8. The molecule has 0 fully saturated rings. The third kappa shape index (κ3) is 0.720. The minimum atomic E-state index is 0.986.